The zero-order chi connectivity index (χ0) is 30.9. The van der Waals surface area contributed by atoms with Crippen LogP contribution in [0.25, 0.3) is 64.0 Å². The van der Waals surface area contributed by atoms with Crippen LogP contribution in [0.15, 0.2) is 164 Å². The average molecular weight is 617 g/mol. The van der Waals surface area contributed by atoms with Gasteiger partial charge in [-0.15, -0.1) is 11.3 Å². The maximum atomic E-state index is 3.87. The fraction of sp³-hybridized carbons (Fsp3) is 0. The van der Waals surface area contributed by atoms with E-state index in [1.165, 1.54) is 69.7 Å². The van der Waals surface area contributed by atoms with Crippen molar-refractivity contribution in [3.05, 3.63) is 164 Å². The summed E-state index contributed by atoms with van der Waals surface area (Å²) in [5.41, 5.74) is 10.8. The Hall–Kier alpha value is -5.90. The van der Waals surface area contributed by atoms with Gasteiger partial charge >= 0.3 is 0 Å². The van der Waals surface area contributed by atoms with E-state index in [0.29, 0.717) is 0 Å². The van der Waals surface area contributed by atoms with E-state index in [4.69, 9.17) is 0 Å². The Kier molecular flexibility index (Phi) is 5.78. The van der Waals surface area contributed by atoms with Gasteiger partial charge in [0.1, 0.15) is 0 Å². The van der Waals surface area contributed by atoms with Crippen LogP contribution in [0, 0.1) is 0 Å². The lowest BCUT2D eigenvalue weighted by Gasteiger charge is -2.25. The van der Waals surface area contributed by atoms with Gasteiger partial charge in [0.05, 0.1) is 5.69 Å². The van der Waals surface area contributed by atoms with E-state index in [-0.39, 0.29) is 0 Å². The molecule has 0 saturated heterocycles. The fourth-order valence-corrected chi connectivity index (χ4v) is 8.44. The van der Waals surface area contributed by atoms with Gasteiger partial charge in [-0.1, -0.05) is 97.1 Å². The van der Waals surface area contributed by atoms with Crippen LogP contribution in [0.5, 0.6) is 0 Å². The molecule has 2 nitrogen and oxygen atoms in total. The Morgan fingerprint density at radius 1 is 0.426 bits per heavy atom. The summed E-state index contributed by atoms with van der Waals surface area (Å²) in [5, 5.41) is 11.5. The van der Waals surface area contributed by atoms with Gasteiger partial charge in [0.2, 0.25) is 0 Å². The lowest BCUT2D eigenvalue weighted by Crippen LogP contribution is -2.09. The van der Waals surface area contributed by atoms with Crippen LogP contribution in [0.2, 0.25) is 0 Å². The molecule has 0 aliphatic carbocycles. The van der Waals surface area contributed by atoms with Gasteiger partial charge < -0.3 is 10.2 Å². The summed E-state index contributed by atoms with van der Waals surface area (Å²) in [6.45, 7) is 0. The van der Waals surface area contributed by atoms with Gasteiger partial charge in [0.15, 0.2) is 0 Å². The number of hydrogen-bond acceptors (Lipinski definition) is 3. The Balaban J connectivity index is 1.13. The van der Waals surface area contributed by atoms with Crippen molar-refractivity contribution >= 4 is 81.5 Å². The highest BCUT2D eigenvalue weighted by Crippen LogP contribution is 2.48. The number of benzene rings is 8. The molecule has 1 N–H and O–H groups in total. The number of nitrogens with zero attached hydrogens (tertiary/aromatic N) is 1. The van der Waals surface area contributed by atoms with Gasteiger partial charge in [0.25, 0.3) is 0 Å². The molecule has 0 radical (unpaired) electrons. The molecule has 3 heteroatoms. The Bertz CT molecular complexity index is 2620. The number of rotatable bonds is 4. The third-order valence-corrected chi connectivity index (χ3v) is 10.7. The molecule has 8 aromatic carbocycles. The molecule has 9 aromatic rings. The van der Waals surface area contributed by atoms with Crippen LogP contribution in [-0.4, -0.2) is 0 Å². The van der Waals surface area contributed by atoms with E-state index in [1.807, 2.05) is 11.3 Å². The second kappa shape index (κ2) is 10.3. The predicted octanol–water partition coefficient (Wildman–Crippen LogP) is 13.2. The van der Waals surface area contributed by atoms with Crippen LogP contribution in [0.4, 0.5) is 28.4 Å². The van der Waals surface area contributed by atoms with E-state index in [0.717, 1.165) is 22.7 Å². The van der Waals surface area contributed by atoms with Crippen LogP contribution in [-0.2, 0) is 0 Å². The van der Waals surface area contributed by atoms with E-state index in [1.54, 1.807) is 0 Å². The molecule has 0 bridgehead atoms. The number of nitrogens with one attached hydrogen (secondary N) is 1. The van der Waals surface area contributed by atoms with Crippen molar-refractivity contribution in [2.24, 2.45) is 0 Å². The van der Waals surface area contributed by atoms with E-state index in [2.05, 4.69) is 174 Å². The van der Waals surface area contributed by atoms with Crippen molar-refractivity contribution < 1.29 is 0 Å². The molecule has 0 amide bonds. The van der Waals surface area contributed by atoms with Crippen LogP contribution >= 0.6 is 11.3 Å². The maximum absolute atomic E-state index is 3.87. The predicted molar refractivity (Wildman–Crippen MR) is 203 cm³/mol. The first kappa shape index (κ1) is 26.3. The van der Waals surface area contributed by atoms with Crippen LogP contribution in [0.1, 0.15) is 0 Å². The first-order valence-corrected chi connectivity index (χ1v) is 16.8. The second-order valence-electron chi connectivity index (χ2n) is 12.3. The molecular weight excluding hydrogens is 589 g/mol. The summed E-state index contributed by atoms with van der Waals surface area (Å²) >= 11 is 1.86. The molecule has 1 aliphatic rings. The first-order valence-electron chi connectivity index (χ1n) is 16.0. The minimum atomic E-state index is 1.14. The highest BCUT2D eigenvalue weighted by atomic mass is 32.1. The molecule has 1 aromatic heterocycles. The monoisotopic (exact) mass is 616 g/mol. The third kappa shape index (κ3) is 4.17. The number of thiophene rings is 1. The molecule has 2 heterocycles. The quantitative estimate of drug-likeness (QED) is 0.212. The zero-order valence-corrected chi connectivity index (χ0v) is 26.3. The summed E-state index contributed by atoms with van der Waals surface area (Å²) in [7, 11) is 0. The molecule has 0 atom stereocenters. The smallest absolute Gasteiger partial charge is 0.0543 e. The van der Waals surface area contributed by atoms with E-state index in [9.17, 15) is 0 Å². The highest BCUT2D eigenvalue weighted by Gasteiger charge is 2.21. The highest BCUT2D eigenvalue weighted by molar-refractivity contribution is 7.25. The first-order chi connectivity index (χ1) is 23.3. The summed E-state index contributed by atoms with van der Waals surface area (Å²) < 4.78 is 2.60. The van der Waals surface area contributed by atoms with Gasteiger partial charge in [0, 0.05) is 59.3 Å². The zero-order valence-electron chi connectivity index (χ0n) is 25.4. The minimum Gasteiger partial charge on any atom is -0.354 e. The fourth-order valence-electron chi connectivity index (χ4n) is 7.37. The van der Waals surface area contributed by atoms with E-state index < -0.39 is 0 Å². The van der Waals surface area contributed by atoms with Gasteiger partial charge in [-0.2, -0.15) is 0 Å². The molecule has 10 rings (SSSR count). The Morgan fingerprint density at radius 3 is 1.94 bits per heavy atom. The van der Waals surface area contributed by atoms with Gasteiger partial charge in [-0.05, 0) is 94.2 Å². The lowest BCUT2D eigenvalue weighted by atomic mass is 9.88. The summed E-state index contributed by atoms with van der Waals surface area (Å²) in [6.07, 6.45) is 0. The molecule has 47 heavy (non-hydrogen) atoms. The minimum absolute atomic E-state index is 1.14. The molecule has 0 spiro atoms. The normalized spacial score (nSPS) is 12.0. The number of fused-ring (bicyclic) bond motifs is 7. The molecular formula is C44H28N2S. The van der Waals surface area contributed by atoms with Gasteiger partial charge in [-0.3, -0.25) is 0 Å². The van der Waals surface area contributed by atoms with Crippen molar-refractivity contribution in [2.75, 3.05) is 10.2 Å². The number of hydrogen-bond donors (Lipinski definition) is 1. The number of anilines is 5. The Morgan fingerprint density at radius 2 is 1.13 bits per heavy atom. The summed E-state index contributed by atoms with van der Waals surface area (Å²) in [6, 6.07) is 59.6. The van der Waals surface area contributed by atoms with Crippen molar-refractivity contribution in [1.82, 2.24) is 0 Å². The largest absolute Gasteiger partial charge is 0.354 e. The average Bonchev–Trinajstić information content (AvgIpc) is 3.50. The topological polar surface area (TPSA) is 15.3 Å². The van der Waals surface area contributed by atoms with Crippen molar-refractivity contribution in [3.63, 3.8) is 0 Å². The lowest BCUT2D eigenvalue weighted by molar-refractivity contribution is 1.29. The summed E-state index contributed by atoms with van der Waals surface area (Å²) in [5.74, 6) is 0. The van der Waals surface area contributed by atoms with E-state index >= 15 is 0 Å². The number of para-hydroxylation sites is 2. The molecule has 220 valence electrons. The SMILES string of the molecule is c1ccc(N(c2ccccc2)c2ccc3sc4ccc(-c5cc6c7c(cccc7c5)-c5ccc7ccccc7c5N6)cc4c3c2)cc1. The van der Waals surface area contributed by atoms with Crippen molar-refractivity contribution in [3.8, 4) is 22.3 Å². The standard InChI is InChI=1S/C44H28N2S/c1-3-12-32(13-4-1)46(33-14-5-2-6-15-33)34-20-23-42-39(27-34)38-25-29(19-22-41(38)47-42)31-24-30-11-9-17-36-37-21-18-28-10-7-8-16-35(28)44(37)45-40(26-31)43(30)36/h1-27,45H. The molecule has 0 saturated carbocycles. The van der Waals surface area contributed by atoms with Gasteiger partial charge in [-0.25, -0.2) is 0 Å². The maximum Gasteiger partial charge on any atom is 0.0543 e. The van der Waals surface area contributed by atoms with Crippen LogP contribution < -0.4 is 10.2 Å². The van der Waals surface area contributed by atoms with Crippen LogP contribution in [0.3, 0.4) is 0 Å². The molecule has 0 fully saturated rings. The molecule has 0 unspecified atom stereocenters. The summed E-state index contributed by atoms with van der Waals surface area (Å²) in [4.78, 5) is 2.34. The Labute approximate surface area is 276 Å². The molecule has 1 aliphatic heterocycles. The second-order valence-corrected chi connectivity index (χ2v) is 13.3. The van der Waals surface area contributed by atoms with Crippen molar-refractivity contribution in [2.45, 2.75) is 0 Å². The third-order valence-electron chi connectivity index (χ3n) is 9.53. The van der Waals surface area contributed by atoms with Crippen molar-refractivity contribution in [1.29, 1.82) is 0 Å².